The Morgan fingerprint density at radius 1 is 1.14 bits per heavy atom. The summed E-state index contributed by atoms with van der Waals surface area (Å²) in [5.41, 5.74) is -7.87. The minimum Gasteiger partial charge on any atom is -0.480 e. The van der Waals surface area contributed by atoms with E-state index in [2.05, 4.69) is 0 Å². The Morgan fingerprint density at radius 2 is 1.89 bits per heavy atom. The number of hydrogen-bond donors (Lipinski definition) is 3. The summed E-state index contributed by atoms with van der Waals surface area (Å²) >= 11 is 0. The molecular formula is C23H28O12. The number of carbonyl (C=O) groups excluding carboxylic acids is 3. The lowest BCUT2D eigenvalue weighted by Crippen LogP contribution is -2.67. The number of carboxylic acids is 1. The number of rotatable bonds is 7. The molecule has 0 aromatic rings. The van der Waals surface area contributed by atoms with Crippen molar-refractivity contribution in [3.63, 3.8) is 0 Å². The van der Waals surface area contributed by atoms with E-state index in [-0.39, 0.29) is 6.42 Å². The molecule has 3 N–H and O–H groups in total. The van der Waals surface area contributed by atoms with Crippen LogP contribution < -0.4 is 0 Å². The fourth-order valence-corrected chi connectivity index (χ4v) is 8.53. The fourth-order valence-electron chi connectivity index (χ4n) is 8.53. The monoisotopic (exact) mass is 496 g/mol. The highest BCUT2D eigenvalue weighted by atomic mass is 16.8. The number of aliphatic hydroxyl groups is 2. The maximum atomic E-state index is 13.6. The van der Waals surface area contributed by atoms with Crippen LogP contribution in [-0.4, -0.2) is 87.7 Å². The molecule has 2 aliphatic carbocycles. The molecule has 4 aliphatic heterocycles. The number of esters is 3. The average molecular weight is 496 g/mol. The van der Waals surface area contributed by atoms with E-state index in [4.69, 9.17) is 23.7 Å². The summed E-state index contributed by atoms with van der Waals surface area (Å²) in [5, 5.41) is 33.1. The van der Waals surface area contributed by atoms with Gasteiger partial charge in [-0.25, -0.2) is 14.4 Å². The van der Waals surface area contributed by atoms with Crippen LogP contribution in [0.5, 0.6) is 0 Å². The number of ether oxygens (including phenoxy) is 5. The van der Waals surface area contributed by atoms with E-state index in [0.29, 0.717) is 6.42 Å². The smallest absolute Gasteiger partial charge is 0.343 e. The van der Waals surface area contributed by atoms with Crippen molar-refractivity contribution in [1.82, 2.24) is 0 Å². The largest absolute Gasteiger partial charge is 0.480 e. The van der Waals surface area contributed by atoms with Crippen molar-refractivity contribution in [3.05, 3.63) is 0 Å². The van der Waals surface area contributed by atoms with Crippen LogP contribution in [0.3, 0.4) is 0 Å². The number of fused-ring (bicyclic) bond motifs is 1. The zero-order chi connectivity index (χ0) is 25.1. The van der Waals surface area contributed by atoms with Gasteiger partial charge in [0, 0.05) is 0 Å². The van der Waals surface area contributed by atoms with Crippen molar-refractivity contribution in [3.8, 4) is 0 Å². The van der Waals surface area contributed by atoms with Gasteiger partial charge in [-0.2, -0.15) is 0 Å². The van der Waals surface area contributed by atoms with Gasteiger partial charge in [-0.15, -0.1) is 0 Å². The summed E-state index contributed by atoms with van der Waals surface area (Å²) in [6.45, 7) is 2.59. The maximum absolute atomic E-state index is 13.6. The van der Waals surface area contributed by atoms with E-state index in [0.717, 1.165) is 19.3 Å². The molecule has 4 saturated heterocycles. The van der Waals surface area contributed by atoms with E-state index < -0.39 is 95.1 Å². The molecule has 0 amide bonds. The van der Waals surface area contributed by atoms with Gasteiger partial charge in [-0.1, -0.05) is 26.2 Å². The minimum atomic E-state index is -2.30. The number of hydrogen-bond acceptors (Lipinski definition) is 11. The number of carbonyl (C=O) groups is 4. The predicted octanol–water partition coefficient (Wildman–Crippen LogP) is -0.726. The first-order chi connectivity index (χ1) is 16.6. The summed E-state index contributed by atoms with van der Waals surface area (Å²) in [7, 11) is 0. The van der Waals surface area contributed by atoms with Gasteiger partial charge in [-0.3, -0.25) is 4.79 Å². The molecule has 35 heavy (non-hydrogen) atoms. The van der Waals surface area contributed by atoms with E-state index in [9.17, 15) is 34.5 Å². The van der Waals surface area contributed by atoms with E-state index >= 15 is 0 Å². The lowest BCUT2D eigenvalue weighted by atomic mass is 9.53. The van der Waals surface area contributed by atoms with Crippen LogP contribution in [0.1, 0.15) is 46.0 Å². The zero-order valence-corrected chi connectivity index (χ0v) is 19.3. The lowest BCUT2D eigenvalue weighted by molar-refractivity contribution is -0.239. The lowest BCUT2D eigenvalue weighted by Gasteiger charge is -2.45. The molecule has 6 fully saturated rings. The van der Waals surface area contributed by atoms with Crippen molar-refractivity contribution in [2.45, 2.75) is 87.9 Å². The van der Waals surface area contributed by atoms with Crippen molar-refractivity contribution in [2.75, 3.05) is 6.61 Å². The second kappa shape index (κ2) is 6.93. The van der Waals surface area contributed by atoms with E-state index in [1.165, 1.54) is 6.92 Å². The molecule has 2 spiro atoms. The maximum Gasteiger partial charge on any atom is 0.343 e. The van der Waals surface area contributed by atoms with Crippen LogP contribution in [0.2, 0.25) is 0 Å². The summed E-state index contributed by atoms with van der Waals surface area (Å²) in [6.07, 6.45) is -3.79. The molecule has 12 nitrogen and oxygen atoms in total. The van der Waals surface area contributed by atoms with Crippen LogP contribution in [0.15, 0.2) is 0 Å². The van der Waals surface area contributed by atoms with Crippen LogP contribution in [-0.2, 0) is 42.9 Å². The Morgan fingerprint density at radius 3 is 2.57 bits per heavy atom. The normalized spacial score (nSPS) is 52.6. The Kier molecular flexibility index (Phi) is 4.58. The molecule has 6 aliphatic rings. The fraction of sp³-hybridized carbons (Fsp3) is 0.826. The molecule has 6 rings (SSSR count). The van der Waals surface area contributed by atoms with Crippen LogP contribution in [0.25, 0.3) is 0 Å². The van der Waals surface area contributed by atoms with Gasteiger partial charge in [0.1, 0.15) is 18.8 Å². The molecule has 4 heterocycles. The number of aliphatic hydroxyl groups excluding tert-OH is 1. The summed E-state index contributed by atoms with van der Waals surface area (Å²) in [6, 6.07) is 0. The molecule has 3 unspecified atom stereocenters. The zero-order valence-electron chi connectivity index (χ0n) is 19.3. The molecule has 0 bridgehead atoms. The summed E-state index contributed by atoms with van der Waals surface area (Å²) in [5.74, 6) is -5.66. The molecule has 192 valence electrons. The third-order valence-electron chi connectivity index (χ3n) is 9.60. The summed E-state index contributed by atoms with van der Waals surface area (Å²) < 4.78 is 28.6. The summed E-state index contributed by atoms with van der Waals surface area (Å²) in [4.78, 5) is 50.5. The van der Waals surface area contributed by atoms with Gasteiger partial charge < -0.3 is 39.0 Å². The third kappa shape index (κ3) is 2.09. The first-order valence-corrected chi connectivity index (χ1v) is 12.1. The van der Waals surface area contributed by atoms with Gasteiger partial charge in [0.15, 0.2) is 17.8 Å². The van der Waals surface area contributed by atoms with Crippen LogP contribution in [0.4, 0.5) is 0 Å². The Hall–Kier alpha value is -2.28. The van der Waals surface area contributed by atoms with Crippen molar-refractivity contribution < 1.29 is 58.2 Å². The molecular weight excluding hydrogens is 468 g/mol. The van der Waals surface area contributed by atoms with Crippen molar-refractivity contribution in [1.29, 1.82) is 0 Å². The van der Waals surface area contributed by atoms with Gasteiger partial charge in [-0.05, 0) is 25.7 Å². The topological polar surface area (TPSA) is 175 Å². The number of carboxylic acid groups (broad SMARTS) is 1. The van der Waals surface area contributed by atoms with Crippen LogP contribution in [0, 0.1) is 22.7 Å². The van der Waals surface area contributed by atoms with Crippen LogP contribution >= 0.6 is 0 Å². The quantitative estimate of drug-likeness (QED) is 0.229. The van der Waals surface area contributed by atoms with Gasteiger partial charge in [0.05, 0.1) is 16.7 Å². The highest BCUT2D eigenvalue weighted by Crippen LogP contribution is 2.83. The Bertz CT molecular complexity index is 1030. The molecule has 11 atom stereocenters. The SMILES string of the molecule is CCCCC[C@@H]1CC2OC(=O)[C@@]34O[C@@H]5OC(=O)[C@H](OCC(=O)O)C15[C@@]23[C@@H](O)[C@@H]1OC(=O)C(C)[C@@]14O. The third-order valence-corrected chi connectivity index (χ3v) is 9.60. The molecule has 12 heteroatoms. The number of aliphatic carboxylic acids is 1. The van der Waals surface area contributed by atoms with Gasteiger partial charge >= 0.3 is 23.9 Å². The highest BCUT2D eigenvalue weighted by molar-refractivity contribution is 5.94. The van der Waals surface area contributed by atoms with Gasteiger partial charge in [0.2, 0.25) is 11.9 Å². The predicted molar refractivity (Wildman–Crippen MR) is 108 cm³/mol. The molecule has 0 radical (unpaired) electrons. The Balaban J connectivity index is 1.59. The first-order valence-electron chi connectivity index (χ1n) is 12.1. The minimum absolute atomic E-state index is 0.225. The standard InChI is InChI=1S/C23H28O12/c1-3-4-5-6-10-7-11-21-13(26)14-22(30,9(2)16(27)33-14)23(21,18(29)32-11)35-19-20(10,21)15(17(28)34-19)31-8-12(24)25/h9-11,13-15,19,26,30H,3-8H2,1-2H3,(H,24,25)/t9?,10-,11?,13+,14+,15+,19+,20?,21+,22-,23-/m1/s1. The Labute approximate surface area is 199 Å². The van der Waals surface area contributed by atoms with E-state index in [1.54, 1.807) is 0 Å². The average Bonchev–Trinajstić information content (AvgIpc) is 3.50. The van der Waals surface area contributed by atoms with Crippen molar-refractivity contribution in [2.24, 2.45) is 22.7 Å². The first kappa shape index (κ1) is 23.1. The molecule has 2 saturated carbocycles. The van der Waals surface area contributed by atoms with Gasteiger partial charge in [0.25, 0.3) is 0 Å². The number of unbranched alkanes of at least 4 members (excludes halogenated alkanes) is 2. The van der Waals surface area contributed by atoms with Crippen molar-refractivity contribution >= 4 is 23.9 Å². The molecule has 0 aromatic carbocycles. The second-order valence-corrected chi connectivity index (χ2v) is 10.6. The van der Waals surface area contributed by atoms with E-state index in [1.807, 2.05) is 6.92 Å². The highest BCUT2D eigenvalue weighted by Gasteiger charge is 3.03. The second-order valence-electron chi connectivity index (χ2n) is 10.6. The molecule has 0 aromatic heterocycles.